The van der Waals surface area contributed by atoms with Crippen LogP contribution in [0, 0.1) is 22.7 Å². The smallest absolute Gasteiger partial charge is 0.415 e. The van der Waals surface area contributed by atoms with E-state index in [2.05, 4.69) is 29.0 Å². The zero-order valence-electron chi connectivity index (χ0n) is 18.3. The van der Waals surface area contributed by atoms with E-state index in [1.807, 2.05) is 36.4 Å². The number of hydrogen-bond donors (Lipinski definition) is 1. The van der Waals surface area contributed by atoms with Gasteiger partial charge in [-0.3, -0.25) is 0 Å². The molecule has 0 radical (unpaired) electrons. The van der Waals surface area contributed by atoms with Gasteiger partial charge in [-0.05, 0) is 85.4 Å². The van der Waals surface area contributed by atoms with E-state index in [1.165, 1.54) is 24.0 Å². The molecular formula is C27H28N2O3. The fraction of sp³-hybridized carbons (Fsp3) is 0.519. The van der Waals surface area contributed by atoms with E-state index in [-0.39, 0.29) is 23.0 Å². The molecule has 1 N–H and O–H groups in total. The summed E-state index contributed by atoms with van der Waals surface area (Å²) < 4.78 is 5.80. The van der Waals surface area contributed by atoms with E-state index in [0.29, 0.717) is 34.8 Å². The number of rotatable bonds is 1. The SMILES string of the molecule is CN1CC23Cc4ccc(O)cc4C24C2C5CCC4(C[C@@H]2CN5C(=O)Oc2ccccc2)C13. The number of phenols is 1. The van der Waals surface area contributed by atoms with Crippen molar-refractivity contribution in [1.29, 1.82) is 0 Å². The molecule has 4 aliphatic carbocycles. The predicted octanol–water partition coefficient (Wildman–Crippen LogP) is 3.80. The van der Waals surface area contributed by atoms with Gasteiger partial charge in [0, 0.05) is 36.0 Å². The molecule has 1 amide bonds. The number of carbonyl (C=O) groups excluding carboxylic acids is 1. The van der Waals surface area contributed by atoms with Gasteiger partial charge in [0.1, 0.15) is 11.5 Å². The van der Waals surface area contributed by atoms with Gasteiger partial charge in [-0.25, -0.2) is 4.79 Å². The third kappa shape index (κ3) is 1.61. The standard InChI is InChI=1S/C27H28N2O3/c1-28-15-26-12-16-7-8-18(30)11-20(16)27(26)22-17-13-25(27,23(26)28)10-9-21(22)29(14-17)24(31)32-19-5-3-2-4-6-19/h2-8,11,17,21-23,30H,9-10,12-15H2,1H3/t17-,21?,22?,23?,25?,26?,27?/m1/s1. The fourth-order valence-electron chi connectivity index (χ4n) is 10.6. The highest BCUT2D eigenvalue weighted by atomic mass is 16.6. The molecule has 2 aromatic carbocycles. The van der Waals surface area contributed by atoms with Crippen molar-refractivity contribution in [3.63, 3.8) is 0 Å². The molecule has 2 aromatic rings. The summed E-state index contributed by atoms with van der Waals surface area (Å²) in [6.07, 6.45) is 4.38. The van der Waals surface area contributed by atoms with Gasteiger partial charge in [-0.1, -0.05) is 24.3 Å². The maximum Gasteiger partial charge on any atom is 0.415 e. The van der Waals surface area contributed by atoms with E-state index < -0.39 is 0 Å². The molecule has 7 atom stereocenters. The first-order valence-corrected chi connectivity index (χ1v) is 12.1. The van der Waals surface area contributed by atoms with Crippen molar-refractivity contribution in [1.82, 2.24) is 9.80 Å². The molecule has 3 saturated carbocycles. The summed E-state index contributed by atoms with van der Waals surface area (Å²) >= 11 is 0. The number of likely N-dealkylation sites (tertiary alicyclic amines) is 2. The molecule has 164 valence electrons. The molecule has 32 heavy (non-hydrogen) atoms. The van der Waals surface area contributed by atoms with E-state index in [4.69, 9.17) is 4.74 Å². The summed E-state index contributed by atoms with van der Waals surface area (Å²) in [7, 11) is 2.30. The van der Waals surface area contributed by atoms with Crippen LogP contribution < -0.4 is 4.74 Å². The summed E-state index contributed by atoms with van der Waals surface area (Å²) in [6, 6.07) is 16.5. The molecule has 5 heteroatoms. The second-order valence-corrected chi connectivity index (χ2v) is 11.4. The van der Waals surface area contributed by atoms with Crippen LogP contribution in [0.15, 0.2) is 48.5 Å². The average molecular weight is 429 g/mol. The minimum Gasteiger partial charge on any atom is -0.508 e. The first kappa shape index (κ1) is 18.0. The highest BCUT2D eigenvalue weighted by Crippen LogP contribution is 2.89. The molecule has 6 aliphatic rings. The molecule has 8 rings (SSSR count). The van der Waals surface area contributed by atoms with Gasteiger partial charge in [0.25, 0.3) is 0 Å². The second kappa shape index (κ2) is 5.33. The van der Waals surface area contributed by atoms with Crippen molar-refractivity contribution in [2.45, 2.75) is 43.2 Å². The summed E-state index contributed by atoms with van der Waals surface area (Å²) in [4.78, 5) is 18.0. The van der Waals surface area contributed by atoms with Crippen LogP contribution in [0.1, 0.15) is 30.4 Å². The van der Waals surface area contributed by atoms with Crippen LogP contribution in [0.2, 0.25) is 0 Å². The minimum atomic E-state index is -0.190. The van der Waals surface area contributed by atoms with Crippen molar-refractivity contribution >= 4 is 6.09 Å². The highest BCUT2D eigenvalue weighted by Gasteiger charge is 2.93. The Hall–Kier alpha value is -2.53. The van der Waals surface area contributed by atoms with Crippen molar-refractivity contribution in [2.75, 3.05) is 20.1 Å². The number of phenolic OH excluding ortho intramolecular Hbond substituents is 1. The Bertz CT molecular complexity index is 1180. The van der Waals surface area contributed by atoms with Gasteiger partial charge in [0.05, 0.1) is 0 Å². The number of nitrogens with zero attached hydrogens (tertiary/aromatic N) is 2. The van der Waals surface area contributed by atoms with E-state index >= 15 is 0 Å². The molecule has 0 aromatic heterocycles. The quantitative estimate of drug-likeness (QED) is 0.751. The Morgan fingerprint density at radius 3 is 2.81 bits per heavy atom. The van der Waals surface area contributed by atoms with E-state index in [9.17, 15) is 9.90 Å². The van der Waals surface area contributed by atoms with Gasteiger partial charge >= 0.3 is 6.09 Å². The number of aromatic hydroxyl groups is 1. The number of para-hydroxylation sites is 1. The fourth-order valence-corrected chi connectivity index (χ4v) is 10.6. The Kier molecular flexibility index (Phi) is 2.99. The van der Waals surface area contributed by atoms with Crippen LogP contribution >= 0.6 is 0 Å². The van der Waals surface area contributed by atoms with Gasteiger partial charge in [-0.15, -0.1) is 0 Å². The Morgan fingerprint density at radius 2 is 2.00 bits per heavy atom. The highest BCUT2D eigenvalue weighted by molar-refractivity contribution is 5.73. The zero-order valence-corrected chi connectivity index (χ0v) is 18.3. The van der Waals surface area contributed by atoms with E-state index in [1.54, 1.807) is 0 Å². The first-order valence-electron chi connectivity index (χ1n) is 12.1. The number of carbonyl (C=O) groups is 1. The minimum absolute atomic E-state index is 0.112. The molecule has 5 fully saturated rings. The van der Waals surface area contributed by atoms with Gasteiger partial charge < -0.3 is 19.6 Å². The Balaban J connectivity index is 1.24. The molecule has 2 bridgehead atoms. The number of hydrogen-bond acceptors (Lipinski definition) is 4. The maximum absolute atomic E-state index is 13.3. The van der Waals surface area contributed by atoms with Crippen LogP contribution in [-0.2, 0) is 11.8 Å². The average Bonchev–Trinajstić information content (AvgIpc) is 3.27. The lowest BCUT2D eigenvalue weighted by Gasteiger charge is -2.83. The summed E-state index contributed by atoms with van der Waals surface area (Å²) in [5.74, 6) is 2.01. The van der Waals surface area contributed by atoms with E-state index in [0.717, 1.165) is 25.9 Å². The van der Waals surface area contributed by atoms with Crippen molar-refractivity contribution in [3.8, 4) is 11.5 Å². The lowest BCUT2D eigenvalue weighted by molar-refractivity contribution is -0.316. The molecule has 2 heterocycles. The number of ether oxygens (including phenoxy) is 1. The monoisotopic (exact) mass is 428 g/mol. The van der Waals surface area contributed by atoms with Crippen molar-refractivity contribution < 1.29 is 14.6 Å². The topological polar surface area (TPSA) is 53.0 Å². The zero-order chi connectivity index (χ0) is 21.5. The van der Waals surface area contributed by atoms with Crippen molar-refractivity contribution in [2.24, 2.45) is 22.7 Å². The van der Waals surface area contributed by atoms with Crippen LogP contribution in [-0.4, -0.2) is 53.2 Å². The van der Waals surface area contributed by atoms with Crippen molar-refractivity contribution in [3.05, 3.63) is 59.7 Å². The molecule has 2 aliphatic heterocycles. The molecule has 2 spiro atoms. The summed E-state index contributed by atoms with van der Waals surface area (Å²) in [6.45, 7) is 1.95. The summed E-state index contributed by atoms with van der Waals surface area (Å²) in [5.41, 5.74) is 3.56. The Morgan fingerprint density at radius 1 is 1.16 bits per heavy atom. The molecule has 6 unspecified atom stereocenters. The maximum atomic E-state index is 13.3. The lowest BCUT2D eigenvalue weighted by atomic mass is 9.27. The largest absolute Gasteiger partial charge is 0.508 e. The van der Waals surface area contributed by atoms with Crippen LogP contribution in [0.25, 0.3) is 0 Å². The number of fused-ring (bicyclic) bond motifs is 1. The Labute approximate surface area is 188 Å². The summed E-state index contributed by atoms with van der Waals surface area (Å²) in [5, 5.41) is 10.5. The normalized spacial score (nSPS) is 44.1. The first-order chi connectivity index (χ1) is 15.5. The lowest BCUT2D eigenvalue weighted by Crippen LogP contribution is -2.90. The molecule has 5 nitrogen and oxygen atoms in total. The third-order valence-electron chi connectivity index (χ3n) is 10.6. The molecular weight excluding hydrogens is 400 g/mol. The van der Waals surface area contributed by atoms with Gasteiger partial charge in [0.15, 0.2) is 0 Å². The van der Waals surface area contributed by atoms with Crippen LogP contribution in [0.3, 0.4) is 0 Å². The predicted molar refractivity (Wildman–Crippen MR) is 119 cm³/mol. The van der Waals surface area contributed by atoms with Gasteiger partial charge in [0.2, 0.25) is 0 Å². The molecule has 2 saturated heterocycles. The number of amides is 1. The second-order valence-electron chi connectivity index (χ2n) is 11.4. The van der Waals surface area contributed by atoms with Crippen LogP contribution in [0.4, 0.5) is 4.79 Å². The van der Waals surface area contributed by atoms with Gasteiger partial charge in [-0.2, -0.15) is 0 Å². The van der Waals surface area contributed by atoms with Crippen LogP contribution in [0.5, 0.6) is 11.5 Å². The number of benzene rings is 2. The number of piperidine rings is 1. The third-order valence-corrected chi connectivity index (χ3v) is 10.6.